The van der Waals surface area contributed by atoms with E-state index in [-0.39, 0.29) is 30.8 Å². The minimum Gasteiger partial charge on any atom is -0.493 e. The molecule has 0 saturated carbocycles. The molecule has 2 aromatic heterocycles. The van der Waals surface area contributed by atoms with Crippen molar-refractivity contribution in [2.75, 3.05) is 26.8 Å². The molecule has 10 nitrogen and oxygen atoms in total. The third-order valence-corrected chi connectivity index (χ3v) is 6.77. The van der Waals surface area contributed by atoms with E-state index in [2.05, 4.69) is 20.0 Å². The van der Waals surface area contributed by atoms with Crippen LogP contribution in [0.4, 0.5) is 0 Å². The second kappa shape index (κ2) is 12.2. The molecule has 4 bridgehead atoms. The Morgan fingerprint density at radius 1 is 1.30 bits per heavy atom. The highest BCUT2D eigenvalue weighted by Crippen LogP contribution is 2.33. The molecule has 1 aliphatic rings. The minimum absolute atomic E-state index is 0.0934. The Balaban J connectivity index is 1.61. The van der Waals surface area contributed by atoms with E-state index >= 15 is 0 Å². The topological polar surface area (TPSA) is 119 Å². The highest BCUT2D eigenvalue weighted by Gasteiger charge is 2.26. The fraction of sp³-hybridized carbons (Fsp3) is 0.462. The maximum absolute atomic E-state index is 13.0. The normalized spacial score (nSPS) is 17.9. The molecular weight excluding hydrogens is 494 g/mol. The van der Waals surface area contributed by atoms with Crippen LogP contribution in [-0.4, -0.2) is 58.9 Å². The summed E-state index contributed by atoms with van der Waals surface area (Å²) in [6.45, 7) is 7.57. The molecule has 11 heteroatoms. The predicted molar refractivity (Wildman–Crippen MR) is 139 cm³/mol. The van der Waals surface area contributed by atoms with Crippen molar-refractivity contribution in [3.8, 4) is 23.0 Å². The average molecular weight is 528 g/mol. The molecule has 2 amide bonds. The molecule has 3 aromatic rings. The Morgan fingerprint density at radius 3 is 2.86 bits per heavy atom. The molecule has 0 spiro atoms. The fourth-order valence-electron chi connectivity index (χ4n) is 4.12. The summed E-state index contributed by atoms with van der Waals surface area (Å²) < 4.78 is 21.6. The molecule has 0 unspecified atom stereocenters. The maximum Gasteiger partial charge on any atom is 0.243 e. The number of nitrogens with one attached hydrogen (secondary N) is 2. The number of carbonyl (C=O) groups is 2. The lowest BCUT2D eigenvalue weighted by Crippen LogP contribution is -2.51. The molecule has 0 saturated heterocycles. The predicted octanol–water partition coefficient (Wildman–Crippen LogP) is 3.16. The third kappa shape index (κ3) is 6.86. The number of rotatable bonds is 4. The van der Waals surface area contributed by atoms with E-state index in [4.69, 9.17) is 13.9 Å². The van der Waals surface area contributed by atoms with Crippen LogP contribution in [0.1, 0.15) is 37.3 Å². The number of ether oxygens (including phenoxy) is 2. The number of methoxy groups -OCH3 is 1. The van der Waals surface area contributed by atoms with Crippen LogP contribution in [0.5, 0.6) is 11.5 Å². The highest BCUT2D eigenvalue weighted by molar-refractivity contribution is 7.03. The van der Waals surface area contributed by atoms with Gasteiger partial charge in [0.25, 0.3) is 0 Å². The summed E-state index contributed by atoms with van der Waals surface area (Å²) in [6, 6.07) is 4.85. The van der Waals surface area contributed by atoms with Crippen LogP contribution in [0.25, 0.3) is 11.5 Å². The third-order valence-electron chi connectivity index (χ3n) is 6.13. The number of hydrogen-bond acceptors (Lipinski definition) is 9. The second-order valence-corrected chi connectivity index (χ2v) is 10.00. The van der Waals surface area contributed by atoms with Crippen molar-refractivity contribution >= 4 is 23.3 Å². The van der Waals surface area contributed by atoms with Gasteiger partial charge in [-0.05, 0) is 54.6 Å². The molecule has 2 N–H and O–H groups in total. The van der Waals surface area contributed by atoms with Crippen LogP contribution in [0, 0.1) is 12.8 Å². The Kier molecular flexibility index (Phi) is 8.78. The van der Waals surface area contributed by atoms with E-state index in [0.717, 1.165) is 11.1 Å². The smallest absolute Gasteiger partial charge is 0.243 e. The van der Waals surface area contributed by atoms with E-state index in [1.807, 2.05) is 42.3 Å². The molecule has 1 aliphatic heterocycles. The van der Waals surface area contributed by atoms with Gasteiger partial charge in [0.05, 0.1) is 26.8 Å². The van der Waals surface area contributed by atoms with Crippen LogP contribution in [0.2, 0.25) is 0 Å². The summed E-state index contributed by atoms with van der Waals surface area (Å²) >= 11 is 1.38. The molecule has 3 heterocycles. The Hall–Kier alpha value is -3.44. The molecule has 37 heavy (non-hydrogen) atoms. The molecule has 1 aromatic carbocycles. The summed E-state index contributed by atoms with van der Waals surface area (Å²) in [7, 11) is 1.59. The summed E-state index contributed by atoms with van der Waals surface area (Å²) in [4.78, 5) is 32.7. The van der Waals surface area contributed by atoms with Gasteiger partial charge in [0.1, 0.15) is 17.5 Å². The van der Waals surface area contributed by atoms with Crippen LogP contribution < -0.4 is 20.1 Å². The largest absolute Gasteiger partial charge is 0.493 e. The van der Waals surface area contributed by atoms with Crippen molar-refractivity contribution in [3.05, 3.63) is 46.8 Å². The standard InChI is InChI=1S/C26H33N5O5S/c1-16(2)24-25(33)27-12-20-17(3)36-26(29-20)19-6-7-21(34-4)22(10-19)35-9-5-8-31(14-23(32)30-24)13-18-11-28-37-15-18/h6-7,10-11,15-16,24H,5,8-9,12-14H2,1-4H3,(H,27,33)(H,30,32)/t24-/m0/s1. The Bertz CT molecular complexity index is 1210. The molecule has 0 fully saturated rings. The first-order chi connectivity index (χ1) is 17.8. The summed E-state index contributed by atoms with van der Waals surface area (Å²) in [5, 5.41) is 7.79. The fourth-order valence-corrected chi connectivity index (χ4v) is 4.65. The van der Waals surface area contributed by atoms with Crippen LogP contribution in [0.15, 0.2) is 34.2 Å². The van der Waals surface area contributed by atoms with Crippen molar-refractivity contribution in [2.45, 2.75) is 46.3 Å². The maximum atomic E-state index is 13.0. The molecular formula is C26H33N5O5S. The van der Waals surface area contributed by atoms with E-state index in [1.165, 1.54) is 11.5 Å². The summed E-state index contributed by atoms with van der Waals surface area (Å²) in [5.74, 6) is 1.65. The number of fused-ring (bicyclic) bond motifs is 5. The van der Waals surface area contributed by atoms with Crippen molar-refractivity contribution < 1.29 is 23.5 Å². The van der Waals surface area contributed by atoms with Crippen molar-refractivity contribution in [1.29, 1.82) is 0 Å². The summed E-state index contributed by atoms with van der Waals surface area (Å²) in [6.07, 6.45) is 2.48. The Labute approximate surface area is 220 Å². The van der Waals surface area contributed by atoms with Gasteiger partial charge >= 0.3 is 0 Å². The lowest BCUT2D eigenvalue weighted by molar-refractivity contribution is -0.130. The number of nitrogens with zero attached hydrogens (tertiary/aromatic N) is 3. The quantitative estimate of drug-likeness (QED) is 0.531. The van der Waals surface area contributed by atoms with Crippen molar-refractivity contribution in [3.63, 3.8) is 0 Å². The lowest BCUT2D eigenvalue weighted by Gasteiger charge is -2.25. The van der Waals surface area contributed by atoms with Gasteiger partial charge in [-0.1, -0.05) is 13.8 Å². The SMILES string of the molecule is COc1ccc2cc1OCCCN(Cc1cnsc1)CC(=O)N[C@@H](C(C)C)C(=O)NCc1nc-2oc1C. The zero-order chi connectivity index (χ0) is 26.4. The number of carbonyl (C=O) groups excluding carboxylic acids is 2. The molecule has 4 rings (SSSR count). The van der Waals surface area contributed by atoms with E-state index < -0.39 is 6.04 Å². The zero-order valence-corrected chi connectivity index (χ0v) is 22.4. The van der Waals surface area contributed by atoms with Crippen LogP contribution in [-0.2, 0) is 22.7 Å². The van der Waals surface area contributed by atoms with Crippen LogP contribution in [0.3, 0.4) is 0 Å². The molecule has 1 atom stereocenters. The van der Waals surface area contributed by atoms with Crippen molar-refractivity contribution in [2.24, 2.45) is 5.92 Å². The van der Waals surface area contributed by atoms with Gasteiger partial charge in [-0.2, -0.15) is 0 Å². The van der Waals surface area contributed by atoms with Gasteiger partial charge in [-0.3, -0.25) is 14.5 Å². The second-order valence-electron chi connectivity index (χ2n) is 9.34. The number of amides is 2. The van der Waals surface area contributed by atoms with Gasteiger partial charge in [0.2, 0.25) is 17.7 Å². The van der Waals surface area contributed by atoms with Gasteiger partial charge < -0.3 is 24.5 Å². The van der Waals surface area contributed by atoms with E-state index in [1.54, 1.807) is 20.2 Å². The zero-order valence-electron chi connectivity index (χ0n) is 21.6. The van der Waals surface area contributed by atoms with E-state index in [0.29, 0.717) is 55.0 Å². The highest BCUT2D eigenvalue weighted by atomic mass is 32.1. The average Bonchev–Trinajstić information content (AvgIpc) is 3.52. The van der Waals surface area contributed by atoms with Gasteiger partial charge in [-0.25, -0.2) is 9.36 Å². The van der Waals surface area contributed by atoms with Gasteiger partial charge in [-0.15, -0.1) is 0 Å². The first-order valence-electron chi connectivity index (χ1n) is 12.3. The molecule has 198 valence electrons. The van der Waals surface area contributed by atoms with Gasteiger partial charge in [0, 0.05) is 30.2 Å². The summed E-state index contributed by atoms with van der Waals surface area (Å²) in [5.41, 5.74) is 2.40. The lowest BCUT2D eigenvalue weighted by atomic mass is 10.0. The van der Waals surface area contributed by atoms with Gasteiger partial charge in [0.15, 0.2) is 11.5 Å². The first-order valence-corrected chi connectivity index (χ1v) is 13.1. The number of benzene rings is 1. The Morgan fingerprint density at radius 2 is 2.14 bits per heavy atom. The number of oxazole rings is 1. The van der Waals surface area contributed by atoms with E-state index in [9.17, 15) is 9.59 Å². The van der Waals surface area contributed by atoms with Crippen molar-refractivity contribution in [1.82, 2.24) is 24.9 Å². The number of aryl methyl sites for hydroxylation is 1. The number of aromatic nitrogens is 2. The minimum atomic E-state index is -0.671. The monoisotopic (exact) mass is 527 g/mol. The number of hydrogen-bond donors (Lipinski definition) is 2. The first kappa shape index (κ1) is 26.6. The van der Waals surface area contributed by atoms with Crippen LogP contribution >= 0.6 is 11.5 Å². The molecule has 0 radical (unpaired) electrons. The molecule has 0 aliphatic carbocycles.